The third-order valence-corrected chi connectivity index (χ3v) is 3.53. The van der Waals surface area contributed by atoms with Crippen molar-refractivity contribution in [3.05, 3.63) is 34.3 Å². The molecule has 5 nitrogen and oxygen atoms in total. The molecule has 6 heteroatoms. The highest BCUT2D eigenvalue weighted by Gasteiger charge is 2.34. The Morgan fingerprint density at radius 2 is 2.20 bits per heavy atom. The van der Waals surface area contributed by atoms with E-state index in [-0.39, 0.29) is 12.5 Å². The van der Waals surface area contributed by atoms with Crippen molar-refractivity contribution in [3.63, 3.8) is 0 Å². The lowest BCUT2D eigenvalue weighted by Gasteiger charge is -2.34. The first-order chi connectivity index (χ1) is 9.54. The van der Waals surface area contributed by atoms with Crippen LogP contribution < -0.4 is 0 Å². The Labute approximate surface area is 122 Å². The fourth-order valence-corrected chi connectivity index (χ4v) is 2.33. The van der Waals surface area contributed by atoms with Crippen LogP contribution in [0.5, 0.6) is 0 Å². The number of rotatable bonds is 2. The topological polar surface area (TPSA) is 55.8 Å². The van der Waals surface area contributed by atoms with E-state index in [1.165, 1.54) is 12.0 Å². The van der Waals surface area contributed by atoms with E-state index >= 15 is 0 Å². The molecule has 1 aliphatic rings. The van der Waals surface area contributed by atoms with Gasteiger partial charge in [-0.05, 0) is 24.6 Å². The molecule has 1 fully saturated rings. The normalized spacial score (nSPS) is 18.8. The van der Waals surface area contributed by atoms with Crippen LogP contribution in [0.15, 0.2) is 18.2 Å². The lowest BCUT2D eigenvalue weighted by atomic mass is 10.1. The molecule has 0 N–H and O–H groups in total. The molecule has 108 valence electrons. The zero-order chi connectivity index (χ0) is 14.7. The zero-order valence-electron chi connectivity index (χ0n) is 11.4. The van der Waals surface area contributed by atoms with Crippen LogP contribution in [-0.2, 0) is 14.3 Å². The van der Waals surface area contributed by atoms with E-state index in [1.807, 2.05) is 6.92 Å². The molecular weight excluding hydrogens is 282 g/mol. The summed E-state index contributed by atoms with van der Waals surface area (Å²) < 4.78 is 9.98. The highest BCUT2D eigenvalue weighted by Crippen LogP contribution is 2.20. The van der Waals surface area contributed by atoms with Crippen molar-refractivity contribution in [1.29, 1.82) is 0 Å². The maximum Gasteiger partial charge on any atom is 0.331 e. The largest absolute Gasteiger partial charge is 0.467 e. The summed E-state index contributed by atoms with van der Waals surface area (Å²) in [6.45, 7) is 2.73. The second-order valence-electron chi connectivity index (χ2n) is 4.57. The number of carbonyl (C=O) groups excluding carboxylic acids is 2. The number of esters is 1. The highest BCUT2D eigenvalue weighted by atomic mass is 35.5. The van der Waals surface area contributed by atoms with Gasteiger partial charge in [-0.3, -0.25) is 4.79 Å². The Bertz CT molecular complexity index is 532. The Balaban J connectivity index is 2.30. The smallest absolute Gasteiger partial charge is 0.331 e. The number of halogens is 1. The van der Waals surface area contributed by atoms with Crippen molar-refractivity contribution >= 4 is 23.5 Å². The molecule has 1 amide bonds. The van der Waals surface area contributed by atoms with Crippen LogP contribution in [0, 0.1) is 6.92 Å². The number of hydrogen-bond donors (Lipinski definition) is 0. The number of amides is 1. The minimum atomic E-state index is -0.709. The lowest BCUT2D eigenvalue weighted by molar-refractivity contribution is -0.151. The zero-order valence-corrected chi connectivity index (χ0v) is 12.1. The van der Waals surface area contributed by atoms with Crippen LogP contribution in [0.4, 0.5) is 0 Å². The van der Waals surface area contributed by atoms with E-state index < -0.39 is 12.0 Å². The van der Waals surface area contributed by atoms with Crippen molar-refractivity contribution in [3.8, 4) is 0 Å². The molecule has 2 rings (SSSR count). The summed E-state index contributed by atoms with van der Waals surface area (Å²) in [5.74, 6) is -0.707. The predicted octanol–water partition coefficient (Wildman–Crippen LogP) is 1.66. The maximum absolute atomic E-state index is 12.6. The van der Waals surface area contributed by atoms with Crippen molar-refractivity contribution in [2.24, 2.45) is 0 Å². The summed E-state index contributed by atoms with van der Waals surface area (Å²) in [4.78, 5) is 25.8. The van der Waals surface area contributed by atoms with Crippen LogP contribution in [0.25, 0.3) is 0 Å². The van der Waals surface area contributed by atoms with Crippen LogP contribution in [-0.4, -0.2) is 49.7 Å². The first-order valence-electron chi connectivity index (χ1n) is 6.27. The number of benzene rings is 1. The third-order valence-electron chi connectivity index (χ3n) is 3.29. The number of nitrogens with zero attached hydrogens (tertiary/aromatic N) is 1. The van der Waals surface area contributed by atoms with Gasteiger partial charge < -0.3 is 14.4 Å². The van der Waals surface area contributed by atoms with Gasteiger partial charge in [0.05, 0.1) is 20.3 Å². The summed E-state index contributed by atoms with van der Waals surface area (Å²) in [6, 6.07) is 4.41. The number of morpholine rings is 1. The van der Waals surface area contributed by atoms with Gasteiger partial charge in [0.2, 0.25) is 0 Å². The number of hydrogen-bond acceptors (Lipinski definition) is 4. The minimum Gasteiger partial charge on any atom is -0.467 e. The molecule has 0 saturated carbocycles. The molecule has 1 unspecified atom stereocenters. The quantitative estimate of drug-likeness (QED) is 0.779. The Kier molecular flexibility index (Phi) is 4.62. The van der Waals surface area contributed by atoms with Crippen LogP contribution in [0.1, 0.15) is 15.9 Å². The monoisotopic (exact) mass is 297 g/mol. The summed E-state index contributed by atoms with van der Waals surface area (Å²) in [6.07, 6.45) is 0. The van der Waals surface area contributed by atoms with Gasteiger partial charge in [0.25, 0.3) is 5.91 Å². The fraction of sp³-hybridized carbons (Fsp3) is 0.429. The summed E-state index contributed by atoms with van der Waals surface area (Å²) in [5.41, 5.74) is 1.31. The van der Waals surface area contributed by atoms with Gasteiger partial charge in [-0.25, -0.2) is 4.79 Å². The van der Waals surface area contributed by atoms with Crippen molar-refractivity contribution in [2.45, 2.75) is 13.0 Å². The second-order valence-corrected chi connectivity index (χ2v) is 5.01. The maximum atomic E-state index is 12.6. The molecule has 1 aliphatic heterocycles. The summed E-state index contributed by atoms with van der Waals surface area (Å²) in [7, 11) is 1.30. The fourth-order valence-electron chi connectivity index (χ4n) is 2.16. The van der Waals surface area contributed by atoms with E-state index in [0.29, 0.717) is 23.7 Å². The van der Waals surface area contributed by atoms with Crippen LogP contribution in [0.2, 0.25) is 5.02 Å². The Morgan fingerprint density at radius 1 is 1.45 bits per heavy atom. The third kappa shape index (κ3) is 2.94. The van der Waals surface area contributed by atoms with E-state index in [4.69, 9.17) is 21.1 Å². The predicted molar refractivity (Wildman–Crippen MR) is 73.8 cm³/mol. The number of carbonyl (C=O) groups is 2. The molecule has 1 aromatic carbocycles. The highest BCUT2D eigenvalue weighted by molar-refractivity contribution is 6.31. The van der Waals surface area contributed by atoms with Gasteiger partial charge in [-0.1, -0.05) is 17.7 Å². The molecule has 1 aromatic rings. The molecular formula is C14H16ClNO4. The van der Waals surface area contributed by atoms with Crippen molar-refractivity contribution in [2.75, 3.05) is 26.9 Å². The average molecular weight is 298 g/mol. The second kappa shape index (κ2) is 6.24. The number of ether oxygens (including phenoxy) is 2. The SMILES string of the molecule is COC(=O)C1COCCN1C(=O)c1cc(Cl)ccc1C. The van der Waals surface area contributed by atoms with Gasteiger partial charge >= 0.3 is 5.97 Å². The van der Waals surface area contributed by atoms with E-state index in [1.54, 1.807) is 18.2 Å². The molecule has 20 heavy (non-hydrogen) atoms. The van der Waals surface area contributed by atoms with Crippen LogP contribution >= 0.6 is 11.6 Å². The number of aryl methyl sites for hydroxylation is 1. The van der Waals surface area contributed by atoms with Gasteiger partial charge in [0.1, 0.15) is 0 Å². The number of methoxy groups -OCH3 is 1. The lowest BCUT2D eigenvalue weighted by Crippen LogP contribution is -2.53. The molecule has 1 saturated heterocycles. The molecule has 0 aliphatic carbocycles. The van der Waals surface area contributed by atoms with Crippen LogP contribution in [0.3, 0.4) is 0 Å². The molecule has 1 atom stereocenters. The summed E-state index contributed by atoms with van der Waals surface area (Å²) in [5, 5.41) is 0.488. The molecule has 0 aromatic heterocycles. The first kappa shape index (κ1) is 14.8. The van der Waals surface area contributed by atoms with Gasteiger partial charge in [0.15, 0.2) is 6.04 Å². The minimum absolute atomic E-state index is 0.151. The van der Waals surface area contributed by atoms with Crippen molar-refractivity contribution < 1.29 is 19.1 Å². The van der Waals surface area contributed by atoms with E-state index in [0.717, 1.165) is 5.56 Å². The standard InChI is InChI=1S/C14H16ClNO4/c1-9-3-4-10(15)7-11(9)13(17)16-5-6-20-8-12(16)14(18)19-2/h3-4,7,12H,5-6,8H2,1-2H3. The van der Waals surface area contributed by atoms with Crippen molar-refractivity contribution in [1.82, 2.24) is 4.90 Å². The Morgan fingerprint density at radius 3 is 2.90 bits per heavy atom. The average Bonchev–Trinajstić information content (AvgIpc) is 2.48. The van der Waals surface area contributed by atoms with Gasteiger partial charge in [-0.2, -0.15) is 0 Å². The van der Waals surface area contributed by atoms with E-state index in [9.17, 15) is 9.59 Å². The van der Waals surface area contributed by atoms with Gasteiger partial charge in [0, 0.05) is 17.1 Å². The first-order valence-corrected chi connectivity index (χ1v) is 6.65. The van der Waals surface area contributed by atoms with Gasteiger partial charge in [-0.15, -0.1) is 0 Å². The molecule has 1 heterocycles. The Hall–Kier alpha value is -1.59. The summed E-state index contributed by atoms with van der Waals surface area (Å²) >= 11 is 5.94. The molecule has 0 spiro atoms. The van der Waals surface area contributed by atoms with E-state index in [2.05, 4.69) is 0 Å². The molecule has 0 radical (unpaired) electrons. The molecule has 0 bridgehead atoms.